The molecular formula is C13H16FNO3S. The molecule has 0 heterocycles. The maximum Gasteiger partial charge on any atom is 0.243 e. The molecule has 0 unspecified atom stereocenters. The fourth-order valence-corrected chi connectivity index (χ4v) is 3.11. The highest BCUT2D eigenvalue weighted by Gasteiger charge is 2.23. The van der Waals surface area contributed by atoms with Crippen molar-refractivity contribution in [3.8, 4) is 12.3 Å². The third-order valence-electron chi connectivity index (χ3n) is 2.57. The van der Waals surface area contributed by atoms with Crippen LogP contribution in [0.3, 0.4) is 0 Å². The average Bonchev–Trinajstić information content (AvgIpc) is 2.38. The van der Waals surface area contributed by atoms with Crippen LogP contribution in [0.4, 0.5) is 4.39 Å². The Labute approximate surface area is 112 Å². The van der Waals surface area contributed by atoms with E-state index in [0.29, 0.717) is 13.0 Å². The van der Waals surface area contributed by atoms with Gasteiger partial charge >= 0.3 is 0 Å². The number of rotatable bonds is 6. The first kappa shape index (κ1) is 15.6. The van der Waals surface area contributed by atoms with Crippen molar-refractivity contribution < 1.29 is 17.9 Å². The summed E-state index contributed by atoms with van der Waals surface area (Å²) in [6.07, 6.45) is 5.78. The molecule has 1 aromatic rings. The number of terminal acetylenes is 1. The van der Waals surface area contributed by atoms with Crippen molar-refractivity contribution in [1.82, 2.24) is 4.31 Å². The molecule has 4 nitrogen and oxygen atoms in total. The Kier molecular flexibility index (Phi) is 5.48. The molecule has 0 saturated heterocycles. The van der Waals surface area contributed by atoms with E-state index in [0.717, 1.165) is 16.4 Å². The summed E-state index contributed by atoms with van der Waals surface area (Å²) >= 11 is 0. The van der Waals surface area contributed by atoms with E-state index < -0.39 is 22.4 Å². The number of aliphatic hydroxyl groups excluding tert-OH is 1. The monoisotopic (exact) mass is 285 g/mol. The fourth-order valence-electron chi connectivity index (χ4n) is 1.62. The SMILES string of the molecule is C#CCN(CCC)S(=O)(=O)c1ccc(F)c(CO)c1. The number of aliphatic hydroxyl groups is 1. The van der Waals surface area contributed by atoms with Crippen LogP contribution in [0, 0.1) is 18.2 Å². The van der Waals surface area contributed by atoms with Gasteiger partial charge in [0.1, 0.15) is 5.82 Å². The van der Waals surface area contributed by atoms with Gasteiger partial charge in [0.15, 0.2) is 0 Å². The Morgan fingerprint density at radius 3 is 2.68 bits per heavy atom. The molecule has 0 aliphatic rings. The molecule has 1 N–H and O–H groups in total. The van der Waals surface area contributed by atoms with Crippen LogP contribution in [0.5, 0.6) is 0 Å². The third-order valence-corrected chi connectivity index (χ3v) is 4.41. The van der Waals surface area contributed by atoms with Crippen LogP contribution in [0.15, 0.2) is 23.1 Å². The lowest BCUT2D eigenvalue weighted by Crippen LogP contribution is -2.32. The second-order valence-corrected chi connectivity index (χ2v) is 5.89. The van der Waals surface area contributed by atoms with Gasteiger partial charge in [0.25, 0.3) is 0 Å². The van der Waals surface area contributed by atoms with E-state index in [9.17, 15) is 12.8 Å². The first-order valence-corrected chi connectivity index (χ1v) is 7.24. The molecule has 0 bridgehead atoms. The van der Waals surface area contributed by atoms with Gasteiger partial charge in [0.05, 0.1) is 18.0 Å². The first-order valence-electron chi connectivity index (χ1n) is 5.80. The second-order valence-electron chi connectivity index (χ2n) is 3.95. The number of benzene rings is 1. The van der Waals surface area contributed by atoms with Crippen molar-refractivity contribution in [2.24, 2.45) is 0 Å². The molecule has 6 heteroatoms. The lowest BCUT2D eigenvalue weighted by Gasteiger charge is -2.19. The van der Waals surface area contributed by atoms with Gasteiger partial charge in [-0.05, 0) is 24.6 Å². The molecule has 0 aromatic heterocycles. The van der Waals surface area contributed by atoms with E-state index in [-0.39, 0.29) is 17.0 Å². The standard InChI is InChI=1S/C13H16FNO3S/c1-3-7-15(8-4-2)19(17,18)12-5-6-13(14)11(9-12)10-16/h1,5-6,9,16H,4,7-8,10H2,2H3. The second kappa shape index (κ2) is 6.66. The van der Waals surface area contributed by atoms with Gasteiger partial charge in [-0.3, -0.25) is 0 Å². The zero-order chi connectivity index (χ0) is 14.5. The molecule has 104 valence electrons. The maximum atomic E-state index is 13.3. The quantitative estimate of drug-likeness (QED) is 0.803. The summed E-state index contributed by atoms with van der Waals surface area (Å²) in [4.78, 5) is -0.0679. The van der Waals surface area contributed by atoms with Crippen LogP contribution in [0.25, 0.3) is 0 Å². The summed E-state index contributed by atoms with van der Waals surface area (Å²) in [7, 11) is -3.76. The highest BCUT2D eigenvalue weighted by molar-refractivity contribution is 7.89. The van der Waals surface area contributed by atoms with Crippen LogP contribution in [0.1, 0.15) is 18.9 Å². The summed E-state index contributed by atoms with van der Waals surface area (Å²) < 4.78 is 39.0. The molecule has 0 saturated carbocycles. The number of nitrogens with zero attached hydrogens (tertiary/aromatic N) is 1. The number of sulfonamides is 1. The minimum Gasteiger partial charge on any atom is -0.392 e. The van der Waals surface area contributed by atoms with Crippen LogP contribution in [-0.4, -0.2) is 30.9 Å². The molecule has 19 heavy (non-hydrogen) atoms. The van der Waals surface area contributed by atoms with Gasteiger partial charge in [0.2, 0.25) is 10.0 Å². The summed E-state index contributed by atoms with van der Waals surface area (Å²) in [6.45, 7) is 1.53. The predicted octanol–water partition coefficient (Wildman–Crippen LogP) is 1.35. The van der Waals surface area contributed by atoms with Gasteiger partial charge in [-0.25, -0.2) is 12.8 Å². The summed E-state index contributed by atoms with van der Waals surface area (Å²) in [6, 6.07) is 3.32. The summed E-state index contributed by atoms with van der Waals surface area (Å²) in [5.41, 5.74) is -0.0572. The Morgan fingerprint density at radius 1 is 1.47 bits per heavy atom. The molecular weight excluding hydrogens is 269 g/mol. The predicted molar refractivity (Wildman–Crippen MR) is 70.2 cm³/mol. The van der Waals surface area contributed by atoms with Crippen LogP contribution in [0.2, 0.25) is 0 Å². The summed E-state index contributed by atoms with van der Waals surface area (Å²) in [5, 5.41) is 8.97. The van der Waals surface area contributed by atoms with E-state index >= 15 is 0 Å². The van der Waals surface area contributed by atoms with E-state index in [1.165, 1.54) is 6.07 Å². The van der Waals surface area contributed by atoms with Crippen molar-refractivity contribution in [2.45, 2.75) is 24.8 Å². The van der Waals surface area contributed by atoms with Gasteiger partial charge in [-0.15, -0.1) is 6.42 Å². The van der Waals surface area contributed by atoms with Crippen LogP contribution < -0.4 is 0 Å². The fraction of sp³-hybridized carbons (Fsp3) is 0.385. The van der Waals surface area contributed by atoms with E-state index in [2.05, 4.69) is 5.92 Å². The van der Waals surface area contributed by atoms with Crippen LogP contribution >= 0.6 is 0 Å². The topological polar surface area (TPSA) is 57.6 Å². The number of hydrogen-bond donors (Lipinski definition) is 1. The van der Waals surface area contributed by atoms with Crippen molar-refractivity contribution in [1.29, 1.82) is 0 Å². The van der Waals surface area contributed by atoms with Crippen molar-refractivity contribution >= 4 is 10.0 Å². The molecule has 0 radical (unpaired) electrons. The van der Waals surface area contributed by atoms with Crippen molar-refractivity contribution in [2.75, 3.05) is 13.1 Å². The van der Waals surface area contributed by atoms with Crippen molar-refractivity contribution in [3.05, 3.63) is 29.6 Å². The molecule has 0 amide bonds. The highest BCUT2D eigenvalue weighted by Crippen LogP contribution is 2.19. The maximum absolute atomic E-state index is 13.3. The number of hydrogen-bond acceptors (Lipinski definition) is 3. The lowest BCUT2D eigenvalue weighted by atomic mass is 10.2. The zero-order valence-corrected chi connectivity index (χ0v) is 11.5. The lowest BCUT2D eigenvalue weighted by molar-refractivity contribution is 0.275. The van der Waals surface area contributed by atoms with E-state index in [4.69, 9.17) is 11.5 Å². The minimum atomic E-state index is -3.76. The molecule has 0 aliphatic carbocycles. The molecule has 0 atom stereocenters. The number of halogens is 1. The zero-order valence-electron chi connectivity index (χ0n) is 10.6. The van der Waals surface area contributed by atoms with Gasteiger partial charge in [-0.2, -0.15) is 4.31 Å². The van der Waals surface area contributed by atoms with E-state index in [1.54, 1.807) is 0 Å². The third kappa shape index (κ3) is 3.53. The van der Waals surface area contributed by atoms with Crippen molar-refractivity contribution in [3.63, 3.8) is 0 Å². The largest absolute Gasteiger partial charge is 0.392 e. The smallest absolute Gasteiger partial charge is 0.243 e. The average molecular weight is 285 g/mol. The molecule has 0 spiro atoms. The molecule has 1 aromatic carbocycles. The van der Waals surface area contributed by atoms with Gasteiger partial charge < -0.3 is 5.11 Å². The molecule has 1 rings (SSSR count). The van der Waals surface area contributed by atoms with Gasteiger partial charge in [0, 0.05) is 12.1 Å². The summed E-state index contributed by atoms with van der Waals surface area (Å²) in [5.74, 6) is 1.65. The Hall–Kier alpha value is -1.42. The first-order chi connectivity index (χ1) is 8.97. The Bertz CT molecular complexity index is 578. The van der Waals surface area contributed by atoms with Gasteiger partial charge in [-0.1, -0.05) is 12.8 Å². The van der Waals surface area contributed by atoms with E-state index in [1.807, 2.05) is 6.92 Å². The normalized spacial score (nSPS) is 11.5. The highest BCUT2D eigenvalue weighted by atomic mass is 32.2. The molecule has 0 aliphatic heterocycles. The minimum absolute atomic E-state index is 0.0397. The molecule has 0 fully saturated rings. The van der Waals surface area contributed by atoms with Crippen LogP contribution in [-0.2, 0) is 16.6 Å². The Balaban J connectivity index is 3.21. The Morgan fingerprint density at radius 2 is 2.16 bits per heavy atom.